The first kappa shape index (κ1) is 23.8. The number of hydrogen-bond acceptors (Lipinski definition) is 2. The van der Waals surface area contributed by atoms with Gasteiger partial charge in [0.2, 0.25) is 0 Å². The molecule has 4 heteroatoms. The van der Waals surface area contributed by atoms with Crippen LogP contribution in [0, 0.1) is 22.7 Å². The average molecular weight is 535 g/mol. The molecule has 8 aromatic rings. The number of nitrogens with zero attached hydrogens (tertiary/aromatic N) is 4. The summed E-state index contributed by atoms with van der Waals surface area (Å²) in [6, 6.07) is 50.1. The highest BCUT2D eigenvalue weighted by molar-refractivity contribution is 6.10. The number of benzene rings is 6. The van der Waals surface area contributed by atoms with Crippen molar-refractivity contribution in [1.82, 2.24) is 9.13 Å². The Bertz CT molecular complexity index is 2160. The maximum absolute atomic E-state index is 10.1. The fourth-order valence-electron chi connectivity index (χ4n) is 6.34. The number of aromatic nitrogens is 2. The summed E-state index contributed by atoms with van der Waals surface area (Å²) in [5.41, 5.74) is 9.01. The normalized spacial score (nSPS) is 11.3. The molecule has 0 N–H and O–H groups in total. The van der Waals surface area contributed by atoms with Gasteiger partial charge >= 0.3 is 0 Å². The van der Waals surface area contributed by atoms with Crippen LogP contribution in [0.15, 0.2) is 133 Å². The Morgan fingerprint density at radius 3 is 1.00 bits per heavy atom. The molecule has 0 aliphatic rings. The number of fused-ring (bicyclic) bond motifs is 6. The van der Waals surface area contributed by atoms with Gasteiger partial charge in [-0.05, 0) is 71.8 Å². The Kier molecular flexibility index (Phi) is 5.22. The van der Waals surface area contributed by atoms with E-state index in [9.17, 15) is 10.5 Å². The smallest absolute Gasteiger partial charge is 0.0992 e. The summed E-state index contributed by atoms with van der Waals surface area (Å²) >= 11 is 0. The number of rotatable bonds is 3. The minimum atomic E-state index is 0.560. The quantitative estimate of drug-likeness (QED) is 0.227. The van der Waals surface area contributed by atoms with E-state index < -0.39 is 0 Å². The largest absolute Gasteiger partial charge is 0.309 e. The van der Waals surface area contributed by atoms with Crippen LogP contribution in [-0.2, 0) is 0 Å². The van der Waals surface area contributed by atoms with Crippen molar-refractivity contribution < 1.29 is 0 Å². The molecule has 0 aliphatic carbocycles. The first-order valence-electron chi connectivity index (χ1n) is 13.8. The molecule has 194 valence electrons. The summed E-state index contributed by atoms with van der Waals surface area (Å²) in [6.07, 6.45) is 0. The minimum Gasteiger partial charge on any atom is -0.309 e. The molecule has 0 unspecified atom stereocenters. The van der Waals surface area contributed by atoms with E-state index in [1.807, 2.05) is 48.5 Å². The first-order chi connectivity index (χ1) is 20.7. The summed E-state index contributed by atoms with van der Waals surface area (Å²) < 4.78 is 4.44. The second-order valence-corrected chi connectivity index (χ2v) is 10.5. The summed E-state index contributed by atoms with van der Waals surface area (Å²) in [4.78, 5) is 0. The maximum Gasteiger partial charge on any atom is 0.0992 e. The molecular weight excluding hydrogens is 512 g/mol. The number of para-hydroxylation sites is 4. The molecular formula is C38H22N4. The van der Waals surface area contributed by atoms with Crippen molar-refractivity contribution in [2.45, 2.75) is 0 Å². The molecule has 2 heterocycles. The summed E-state index contributed by atoms with van der Waals surface area (Å²) in [7, 11) is 0. The van der Waals surface area contributed by atoms with E-state index in [0.29, 0.717) is 11.1 Å². The van der Waals surface area contributed by atoms with Crippen molar-refractivity contribution in [2.24, 2.45) is 0 Å². The Balaban J connectivity index is 1.39. The lowest BCUT2D eigenvalue weighted by atomic mass is 9.99. The van der Waals surface area contributed by atoms with Crippen LogP contribution in [0.4, 0.5) is 0 Å². The van der Waals surface area contributed by atoms with Gasteiger partial charge in [0.05, 0.1) is 45.3 Å². The highest BCUT2D eigenvalue weighted by Gasteiger charge is 2.16. The zero-order valence-electron chi connectivity index (χ0n) is 22.5. The molecule has 0 radical (unpaired) electrons. The molecule has 0 saturated heterocycles. The van der Waals surface area contributed by atoms with Crippen LogP contribution < -0.4 is 0 Å². The van der Waals surface area contributed by atoms with E-state index in [4.69, 9.17) is 0 Å². The summed E-state index contributed by atoms with van der Waals surface area (Å²) in [6.45, 7) is 0. The molecule has 6 aromatic carbocycles. The van der Waals surface area contributed by atoms with Gasteiger partial charge < -0.3 is 9.13 Å². The molecule has 8 rings (SSSR count). The van der Waals surface area contributed by atoms with Crippen LogP contribution in [-0.4, -0.2) is 9.13 Å². The third-order valence-corrected chi connectivity index (χ3v) is 8.10. The van der Waals surface area contributed by atoms with Gasteiger partial charge in [0.1, 0.15) is 0 Å². The second kappa shape index (κ2) is 9.24. The summed E-state index contributed by atoms with van der Waals surface area (Å²) in [5.74, 6) is 0. The standard InChI is InChI=1S/C38H22N4/c39-23-25-17-27(21-29(19-25)41-35-13-5-1-9-31(35)32-10-2-6-14-36(32)41)28-18-26(24-40)20-30(22-28)42-37-15-7-3-11-33(37)34-12-4-8-16-38(34)42/h1-22H. The van der Waals surface area contributed by atoms with Crippen molar-refractivity contribution in [3.63, 3.8) is 0 Å². The van der Waals surface area contributed by atoms with E-state index >= 15 is 0 Å². The lowest BCUT2D eigenvalue weighted by molar-refractivity contribution is 1.17. The zero-order chi connectivity index (χ0) is 28.2. The molecule has 0 bridgehead atoms. The molecule has 4 nitrogen and oxygen atoms in total. The minimum absolute atomic E-state index is 0.560. The van der Waals surface area contributed by atoms with Gasteiger partial charge in [0.25, 0.3) is 0 Å². The first-order valence-corrected chi connectivity index (χ1v) is 13.8. The zero-order valence-corrected chi connectivity index (χ0v) is 22.5. The molecule has 0 aliphatic heterocycles. The Hall–Kier alpha value is -6.10. The lowest BCUT2D eigenvalue weighted by Crippen LogP contribution is -1.98. The van der Waals surface area contributed by atoms with Gasteiger partial charge in [-0.15, -0.1) is 0 Å². The lowest BCUT2D eigenvalue weighted by Gasteiger charge is -2.14. The molecule has 2 aromatic heterocycles. The second-order valence-electron chi connectivity index (χ2n) is 10.5. The molecule has 0 saturated carbocycles. The average Bonchev–Trinajstić information content (AvgIpc) is 3.57. The highest BCUT2D eigenvalue weighted by Crippen LogP contribution is 2.36. The number of hydrogen-bond donors (Lipinski definition) is 0. The van der Waals surface area contributed by atoms with Crippen molar-refractivity contribution in [2.75, 3.05) is 0 Å². The summed E-state index contributed by atoms with van der Waals surface area (Å²) in [5, 5.41) is 24.8. The fourth-order valence-corrected chi connectivity index (χ4v) is 6.34. The third kappa shape index (κ3) is 3.53. The van der Waals surface area contributed by atoms with Crippen LogP contribution >= 0.6 is 0 Å². The van der Waals surface area contributed by atoms with Crippen molar-refractivity contribution in [1.29, 1.82) is 10.5 Å². The van der Waals surface area contributed by atoms with Gasteiger partial charge in [0, 0.05) is 32.9 Å². The maximum atomic E-state index is 10.1. The van der Waals surface area contributed by atoms with Gasteiger partial charge in [-0.3, -0.25) is 0 Å². The van der Waals surface area contributed by atoms with Crippen LogP contribution in [0.25, 0.3) is 66.1 Å². The van der Waals surface area contributed by atoms with Gasteiger partial charge in [-0.25, -0.2) is 0 Å². The van der Waals surface area contributed by atoms with Crippen molar-refractivity contribution >= 4 is 43.6 Å². The Morgan fingerprint density at radius 2 is 0.690 bits per heavy atom. The number of nitriles is 2. The van der Waals surface area contributed by atoms with E-state index in [2.05, 4.69) is 106 Å². The van der Waals surface area contributed by atoms with Crippen molar-refractivity contribution in [3.05, 3.63) is 145 Å². The van der Waals surface area contributed by atoms with E-state index in [0.717, 1.165) is 66.1 Å². The van der Waals surface area contributed by atoms with Crippen LogP contribution in [0.3, 0.4) is 0 Å². The van der Waals surface area contributed by atoms with Crippen LogP contribution in [0.1, 0.15) is 11.1 Å². The Labute approximate surface area is 242 Å². The predicted octanol–water partition coefficient (Wildman–Crippen LogP) is 9.29. The topological polar surface area (TPSA) is 57.4 Å². The predicted molar refractivity (Wildman–Crippen MR) is 170 cm³/mol. The van der Waals surface area contributed by atoms with Gasteiger partial charge in [-0.1, -0.05) is 72.8 Å². The monoisotopic (exact) mass is 534 g/mol. The van der Waals surface area contributed by atoms with Gasteiger partial charge in [0.15, 0.2) is 0 Å². The molecule has 0 fully saturated rings. The molecule has 42 heavy (non-hydrogen) atoms. The van der Waals surface area contributed by atoms with E-state index in [1.165, 1.54) is 0 Å². The SMILES string of the molecule is N#Cc1cc(-c2cc(C#N)cc(-n3c4ccccc4c4ccccc43)c2)cc(-n2c3ccccc3c3ccccc32)c1. The van der Waals surface area contributed by atoms with E-state index in [-0.39, 0.29) is 0 Å². The van der Waals surface area contributed by atoms with Crippen LogP contribution in [0.2, 0.25) is 0 Å². The fraction of sp³-hybridized carbons (Fsp3) is 0. The third-order valence-electron chi connectivity index (χ3n) is 8.10. The van der Waals surface area contributed by atoms with Crippen LogP contribution in [0.5, 0.6) is 0 Å². The van der Waals surface area contributed by atoms with E-state index in [1.54, 1.807) is 0 Å². The Morgan fingerprint density at radius 1 is 0.381 bits per heavy atom. The molecule has 0 atom stereocenters. The molecule has 0 spiro atoms. The van der Waals surface area contributed by atoms with Crippen molar-refractivity contribution in [3.8, 4) is 34.6 Å². The molecule has 0 amide bonds. The van der Waals surface area contributed by atoms with Gasteiger partial charge in [-0.2, -0.15) is 10.5 Å². The highest BCUT2D eigenvalue weighted by atomic mass is 15.0.